The molecule has 2 heterocycles. The molecule has 1 aromatic carbocycles. The number of hydrogen-bond donors (Lipinski definition) is 0. The van der Waals surface area contributed by atoms with Crippen LogP contribution in [0.25, 0.3) is 11.0 Å². The molecule has 112 valence electrons. The van der Waals surface area contributed by atoms with Gasteiger partial charge in [0.25, 0.3) is 5.91 Å². The molecule has 0 aliphatic carbocycles. The van der Waals surface area contributed by atoms with E-state index in [2.05, 4.69) is 15.9 Å². The van der Waals surface area contributed by atoms with E-state index >= 15 is 0 Å². The Morgan fingerprint density at radius 1 is 1.29 bits per heavy atom. The van der Waals surface area contributed by atoms with Gasteiger partial charge >= 0.3 is 0 Å². The number of carbonyl (C=O) groups excluding carboxylic acids is 1. The molecule has 2 aromatic rings. The Hall–Kier alpha value is -1.33. The van der Waals surface area contributed by atoms with Crippen LogP contribution in [-0.2, 0) is 4.74 Å². The molecule has 1 aromatic heterocycles. The molecule has 1 aliphatic rings. The summed E-state index contributed by atoms with van der Waals surface area (Å²) in [5.74, 6) is 0.381. The third-order valence-electron chi connectivity index (χ3n) is 3.80. The van der Waals surface area contributed by atoms with E-state index in [1.54, 1.807) is 0 Å². The minimum Gasteiger partial charge on any atom is -0.451 e. The Bertz CT molecular complexity index is 684. The van der Waals surface area contributed by atoms with Gasteiger partial charge in [-0.25, -0.2) is 0 Å². The summed E-state index contributed by atoms with van der Waals surface area (Å²) in [6.07, 6.45) is 0.105. The van der Waals surface area contributed by atoms with Crippen LogP contribution in [0.15, 0.2) is 27.1 Å². The van der Waals surface area contributed by atoms with E-state index in [9.17, 15) is 4.79 Å². The van der Waals surface area contributed by atoms with Crippen LogP contribution in [0.2, 0.25) is 0 Å². The van der Waals surface area contributed by atoms with Crippen molar-refractivity contribution in [3.63, 3.8) is 0 Å². The molecule has 0 spiro atoms. The van der Waals surface area contributed by atoms with Crippen LogP contribution >= 0.6 is 15.9 Å². The largest absolute Gasteiger partial charge is 0.451 e. The van der Waals surface area contributed by atoms with E-state index < -0.39 is 0 Å². The molecule has 21 heavy (non-hydrogen) atoms. The maximum absolute atomic E-state index is 12.7. The van der Waals surface area contributed by atoms with E-state index in [0.29, 0.717) is 18.8 Å². The van der Waals surface area contributed by atoms with Gasteiger partial charge in [-0.05, 0) is 39.0 Å². The van der Waals surface area contributed by atoms with Crippen molar-refractivity contribution in [1.29, 1.82) is 0 Å². The molecule has 4 nitrogen and oxygen atoms in total. The van der Waals surface area contributed by atoms with Gasteiger partial charge in [0.1, 0.15) is 5.58 Å². The first-order valence-electron chi connectivity index (χ1n) is 7.09. The summed E-state index contributed by atoms with van der Waals surface area (Å²) < 4.78 is 12.4. The number of aryl methyl sites for hydroxylation is 1. The first kappa shape index (κ1) is 14.6. The molecule has 1 aliphatic heterocycles. The highest BCUT2D eigenvalue weighted by atomic mass is 79.9. The second-order valence-electron chi connectivity index (χ2n) is 5.66. The fraction of sp³-hybridized carbons (Fsp3) is 0.438. The first-order chi connectivity index (χ1) is 9.95. The van der Waals surface area contributed by atoms with Gasteiger partial charge in [-0.1, -0.05) is 15.9 Å². The molecule has 0 radical (unpaired) electrons. The fourth-order valence-corrected chi connectivity index (χ4v) is 3.25. The van der Waals surface area contributed by atoms with E-state index in [0.717, 1.165) is 21.0 Å². The lowest BCUT2D eigenvalue weighted by molar-refractivity contribution is -0.0592. The van der Waals surface area contributed by atoms with Crippen molar-refractivity contribution in [2.75, 3.05) is 13.1 Å². The summed E-state index contributed by atoms with van der Waals surface area (Å²) in [7, 11) is 0. The van der Waals surface area contributed by atoms with Crippen molar-refractivity contribution in [3.05, 3.63) is 34.0 Å². The van der Waals surface area contributed by atoms with Crippen LogP contribution in [0.4, 0.5) is 0 Å². The topological polar surface area (TPSA) is 42.7 Å². The highest BCUT2D eigenvalue weighted by Crippen LogP contribution is 2.29. The van der Waals surface area contributed by atoms with Crippen LogP contribution < -0.4 is 0 Å². The molecule has 0 N–H and O–H groups in total. The van der Waals surface area contributed by atoms with E-state index in [1.807, 2.05) is 43.9 Å². The summed E-state index contributed by atoms with van der Waals surface area (Å²) in [5.41, 5.74) is 1.64. The average Bonchev–Trinajstić information content (AvgIpc) is 2.74. The third-order valence-corrected chi connectivity index (χ3v) is 4.29. The number of fused-ring (bicyclic) bond motifs is 1. The van der Waals surface area contributed by atoms with Gasteiger partial charge in [-0.15, -0.1) is 0 Å². The molecule has 0 bridgehead atoms. The van der Waals surface area contributed by atoms with Crippen LogP contribution in [-0.4, -0.2) is 36.1 Å². The monoisotopic (exact) mass is 351 g/mol. The van der Waals surface area contributed by atoms with E-state index in [4.69, 9.17) is 9.15 Å². The van der Waals surface area contributed by atoms with Crippen molar-refractivity contribution in [3.8, 4) is 0 Å². The summed E-state index contributed by atoms with van der Waals surface area (Å²) in [6, 6.07) is 5.78. The first-order valence-corrected chi connectivity index (χ1v) is 7.88. The van der Waals surface area contributed by atoms with Crippen molar-refractivity contribution in [2.45, 2.75) is 33.0 Å². The van der Waals surface area contributed by atoms with Crippen molar-refractivity contribution >= 4 is 32.8 Å². The van der Waals surface area contributed by atoms with Crippen LogP contribution in [0, 0.1) is 6.92 Å². The van der Waals surface area contributed by atoms with Crippen LogP contribution in [0.1, 0.15) is 30.0 Å². The van der Waals surface area contributed by atoms with Gasteiger partial charge in [-0.3, -0.25) is 4.79 Å². The molecule has 1 fully saturated rings. The summed E-state index contributed by atoms with van der Waals surface area (Å²) >= 11 is 3.45. The minimum atomic E-state index is -0.0539. The SMILES string of the molecule is Cc1c(C(=O)N2C[C@@H](C)O[C@H](C)C2)oc2ccc(Br)cc12. The smallest absolute Gasteiger partial charge is 0.290 e. The fourth-order valence-electron chi connectivity index (χ4n) is 2.88. The lowest BCUT2D eigenvalue weighted by Gasteiger charge is -2.34. The van der Waals surface area contributed by atoms with Gasteiger partial charge in [0, 0.05) is 28.5 Å². The number of ether oxygens (including phenoxy) is 1. The van der Waals surface area contributed by atoms with Gasteiger partial charge in [0.15, 0.2) is 5.76 Å². The summed E-state index contributed by atoms with van der Waals surface area (Å²) in [6.45, 7) is 7.10. The number of carbonyl (C=O) groups is 1. The molecular formula is C16H18BrNO3. The Morgan fingerprint density at radius 3 is 2.62 bits per heavy atom. The van der Waals surface area contributed by atoms with Gasteiger partial charge in [-0.2, -0.15) is 0 Å². The number of halogens is 1. The lowest BCUT2D eigenvalue weighted by Crippen LogP contribution is -2.48. The van der Waals surface area contributed by atoms with Crippen LogP contribution in [0.5, 0.6) is 0 Å². The highest BCUT2D eigenvalue weighted by Gasteiger charge is 2.29. The van der Waals surface area contributed by atoms with E-state index in [1.165, 1.54) is 0 Å². The molecule has 1 amide bonds. The Labute approximate surface area is 132 Å². The highest BCUT2D eigenvalue weighted by molar-refractivity contribution is 9.10. The normalized spacial score (nSPS) is 22.8. The third kappa shape index (κ3) is 2.72. The molecule has 3 rings (SSSR count). The zero-order valence-corrected chi connectivity index (χ0v) is 13.9. The van der Waals surface area contributed by atoms with Crippen LogP contribution in [0.3, 0.4) is 0 Å². The number of amides is 1. The number of morpholine rings is 1. The maximum atomic E-state index is 12.7. The second-order valence-corrected chi connectivity index (χ2v) is 6.58. The molecule has 5 heteroatoms. The van der Waals surface area contributed by atoms with Gasteiger partial charge < -0.3 is 14.1 Å². The number of nitrogens with zero attached hydrogens (tertiary/aromatic N) is 1. The Balaban J connectivity index is 1.96. The standard InChI is InChI=1S/C16H18BrNO3/c1-9-7-18(8-10(2)20-9)16(19)15-11(3)13-6-12(17)4-5-14(13)21-15/h4-6,9-10H,7-8H2,1-3H3/t9-,10-/m1/s1. The molecule has 2 atom stereocenters. The van der Waals surface area contributed by atoms with Crippen molar-refractivity contribution in [2.24, 2.45) is 0 Å². The number of benzene rings is 1. The van der Waals surface area contributed by atoms with E-state index in [-0.39, 0.29) is 18.1 Å². The van der Waals surface area contributed by atoms with Crippen molar-refractivity contribution in [1.82, 2.24) is 4.90 Å². The quantitative estimate of drug-likeness (QED) is 0.785. The van der Waals surface area contributed by atoms with Gasteiger partial charge in [0.2, 0.25) is 0 Å². The number of furan rings is 1. The predicted octanol–water partition coefficient (Wildman–Crippen LogP) is 3.75. The maximum Gasteiger partial charge on any atom is 0.290 e. The second kappa shape index (κ2) is 5.46. The summed E-state index contributed by atoms with van der Waals surface area (Å²) in [4.78, 5) is 14.5. The predicted molar refractivity (Wildman–Crippen MR) is 84.6 cm³/mol. The zero-order valence-electron chi connectivity index (χ0n) is 12.4. The number of rotatable bonds is 1. The minimum absolute atomic E-state index is 0.0523. The Morgan fingerprint density at radius 2 is 1.95 bits per heavy atom. The number of hydrogen-bond acceptors (Lipinski definition) is 3. The molecule has 0 unspecified atom stereocenters. The molecule has 1 saturated heterocycles. The lowest BCUT2D eigenvalue weighted by atomic mass is 10.1. The zero-order chi connectivity index (χ0) is 15.1. The molecular weight excluding hydrogens is 334 g/mol. The molecule has 0 saturated carbocycles. The van der Waals surface area contributed by atoms with Gasteiger partial charge in [0.05, 0.1) is 12.2 Å². The summed E-state index contributed by atoms with van der Waals surface area (Å²) in [5, 5.41) is 0.974. The Kier molecular flexibility index (Phi) is 3.80. The average molecular weight is 352 g/mol. The van der Waals surface area contributed by atoms with Crippen molar-refractivity contribution < 1.29 is 13.9 Å².